The van der Waals surface area contributed by atoms with Crippen molar-refractivity contribution < 1.29 is 52.8 Å². The Morgan fingerprint density at radius 2 is 1.50 bits per heavy atom. The molecule has 3 aliphatic heterocycles. The lowest BCUT2D eigenvalue weighted by atomic mass is 9.79. The largest absolute Gasteiger partial charge is 0.497 e. The molecule has 0 saturated carbocycles. The van der Waals surface area contributed by atoms with Gasteiger partial charge in [-0.15, -0.1) is 0 Å². The summed E-state index contributed by atoms with van der Waals surface area (Å²) in [6.07, 6.45) is 1.89. The molecule has 1 unspecified atom stereocenters. The Labute approximate surface area is 287 Å². The number of carbonyl (C=O) groups is 2. The van der Waals surface area contributed by atoms with E-state index in [0.717, 1.165) is 5.56 Å². The molecule has 3 aromatic rings. The standard InChI is InChI=1S/C19H18O6.C17H18N2O6/c1-21-12-5-4-11-6-14-13-8-17(22-2)18(23-3)9-16(13)24-10-19(14,20)25-15(11)7-12;1-9-13(16(20)24-3)15(14(10(2)18-9)17(21)25-4)11-7-5-6-8-12(11)19(22)23/h4-9,20H,10H2,1-3H3;5-8,15,18H,1-4H3. The lowest BCUT2D eigenvalue weighted by Gasteiger charge is -2.39. The van der Waals surface area contributed by atoms with Crippen LogP contribution in [0.2, 0.25) is 0 Å². The van der Waals surface area contributed by atoms with Gasteiger partial charge in [0.15, 0.2) is 18.1 Å². The van der Waals surface area contributed by atoms with Crippen LogP contribution in [-0.2, 0) is 19.1 Å². The summed E-state index contributed by atoms with van der Waals surface area (Å²) in [7, 11) is 7.13. The normalized spacial score (nSPS) is 17.5. The lowest BCUT2D eigenvalue weighted by molar-refractivity contribution is -0.385. The second-order valence-corrected chi connectivity index (χ2v) is 11.3. The maximum Gasteiger partial charge on any atom is 0.336 e. The van der Waals surface area contributed by atoms with Crippen molar-refractivity contribution in [3.63, 3.8) is 0 Å². The van der Waals surface area contributed by atoms with Crippen molar-refractivity contribution in [1.29, 1.82) is 0 Å². The van der Waals surface area contributed by atoms with Crippen LogP contribution in [0.25, 0.3) is 11.6 Å². The number of ether oxygens (including phenoxy) is 7. The predicted octanol–water partition coefficient (Wildman–Crippen LogP) is 4.90. The van der Waals surface area contributed by atoms with Crippen LogP contribution in [0, 0.1) is 10.1 Å². The van der Waals surface area contributed by atoms with Gasteiger partial charge in [-0.3, -0.25) is 10.1 Å². The Kier molecular flexibility index (Phi) is 10.0. The van der Waals surface area contributed by atoms with Crippen molar-refractivity contribution in [2.75, 3.05) is 42.2 Å². The Balaban J connectivity index is 0.000000194. The van der Waals surface area contributed by atoms with Crippen LogP contribution < -0.4 is 29.0 Å². The Morgan fingerprint density at radius 1 is 0.880 bits per heavy atom. The van der Waals surface area contributed by atoms with Crippen molar-refractivity contribution in [2.24, 2.45) is 0 Å². The molecule has 0 amide bonds. The zero-order chi connectivity index (χ0) is 36.3. The van der Waals surface area contributed by atoms with E-state index in [1.807, 2.05) is 18.2 Å². The first kappa shape index (κ1) is 35.3. The molecule has 0 aliphatic carbocycles. The Morgan fingerprint density at radius 3 is 2.08 bits per heavy atom. The van der Waals surface area contributed by atoms with Crippen LogP contribution in [-0.4, -0.2) is 69.9 Å². The number of nitro groups is 1. The van der Waals surface area contributed by atoms with Crippen LogP contribution in [0.4, 0.5) is 5.69 Å². The minimum absolute atomic E-state index is 0.0298. The number of esters is 2. The van der Waals surface area contributed by atoms with E-state index in [0.29, 0.717) is 51.3 Å². The molecule has 0 radical (unpaired) electrons. The molecule has 262 valence electrons. The highest BCUT2D eigenvalue weighted by Crippen LogP contribution is 2.49. The number of allylic oxidation sites excluding steroid dienone is 2. The molecule has 3 heterocycles. The molecule has 6 rings (SSSR count). The van der Waals surface area contributed by atoms with Crippen LogP contribution in [0.3, 0.4) is 0 Å². The molecule has 1 atom stereocenters. The average molecular weight is 689 g/mol. The van der Waals surface area contributed by atoms with Gasteiger partial charge in [0.2, 0.25) is 0 Å². The SMILES string of the molecule is COC(=O)C1=C(C)NC(C)=C(C(=O)OC)C1c1ccccc1[N+](=O)[O-].COc1ccc2c(c1)OC1(O)COc3cc(OC)c(OC)cc3C1=C2. The summed E-state index contributed by atoms with van der Waals surface area (Å²) in [5, 5.41) is 25.4. The molecule has 0 bridgehead atoms. The summed E-state index contributed by atoms with van der Waals surface area (Å²) < 4.78 is 37.1. The summed E-state index contributed by atoms with van der Waals surface area (Å²) >= 11 is 0. The fraction of sp³-hybridized carbons (Fsp3) is 0.278. The summed E-state index contributed by atoms with van der Waals surface area (Å²) in [4.78, 5) is 35.6. The number of dihydropyridines is 1. The van der Waals surface area contributed by atoms with Crippen molar-refractivity contribution in [3.8, 4) is 28.7 Å². The van der Waals surface area contributed by atoms with E-state index in [9.17, 15) is 24.8 Å². The van der Waals surface area contributed by atoms with Crippen LogP contribution in [0.1, 0.15) is 36.5 Å². The van der Waals surface area contributed by atoms with E-state index < -0.39 is 28.6 Å². The number of nitro benzene ring substituents is 1. The van der Waals surface area contributed by atoms with E-state index in [1.165, 1.54) is 32.4 Å². The first-order valence-corrected chi connectivity index (χ1v) is 15.2. The molecule has 50 heavy (non-hydrogen) atoms. The zero-order valence-corrected chi connectivity index (χ0v) is 28.4. The lowest BCUT2D eigenvalue weighted by Crippen LogP contribution is -2.47. The Bertz CT molecular complexity index is 1930. The van der Waals surface area contributed by atoms with Gasteiger partial charge < -0.3 is 43.6 Å². The van der Waals surface area contributed by atoms with Gasteiger partial charge in [0.1, 0.15) is 17.2 Å². The number of hydrogen-bond donors (Lipinski definition) is 2. The van der Waals surface area contributed by atoms with Crippen molar-refractivity contribution >= 4 is 29.3 Å². The van der Waals surface area contributed by atoms with Gasteiger partial charge in [0, 0.05) is 51.9 Å². The maximum absolute atomic E-state index is 12.3. The number of aliphatic hydroxyl groups is 1. The van der Waals surface area contributed by atoms with E-state index >= 15 is 0 Å². The molecule has 14 nitrogen and oxygen atoms in total. The molecule has 0 saturated heterocycles. The summed E-state index contributed by atoms with van der Waals surface area (Å²) in [5.74, 6) is -0.988. The highest BCUT2D eigenvalue weighted by molar-refractivity contribution is 6.00. The molecular formula is C36H36N2O12. The van der Waals surface area contributed by atoms with E-state index in [2.05, 4.69) is 5.32 Å². The van der Waals surface area contributed by atoms with Gasteiger partial charge in [-0.1, -0.05) is 18.2 Å². The second kappa shape index (κ2) is 14.2. The number of fused-ring (bicyclic) bond motifs is 4. The third kappa shape index (κ3) is 6.40. The predicted molar refractivity (Wildman–Crippen MR) is 180 cm³/mol. The highest BCUT2D eigenvalue weighted by Gasteiger charge is 2.45. The number of nitrogens with one attached hydrogen (secondary N) is 1. The fourth-order valence-corrected chi connectivity index (χ4v) is 6.08. The number of hydrogen-bond acceptors (Lipinski definition) is 13. The highest BCUT2D eigenvalue weighted by atomic mass is 16.7. The molecule has 2 N–H and O–H groups in total. The van der Waals surface area contributed by atoms with Gasteiger partial charge in [0.05, 0.1) is 57.5 Å². The molecular weight excluding hydrogens is 652 g/mol. The average Bonchev–Trinajstić information content (AvgIpc) is 3.12. The summed E-state index contributed by atoms with van der Waals surface area (Å²) in [6.45, 7) is 3.26. The van der Waals surface area contributed by atoms with Gasteiger partial charge in [-0.05, 0) is 38.1 Å². The van der Waals surface area contributed by atoms with Crippen LogP contribution in [0.5, 0.6) is 28.7 Å². The molecule has 0 aromatic heterocycles. The first-order valence-electron chi connectivity index (χ1n) is 15.2. The third-order valence-corrected chi connectivity index (χ3v) is 8.43. The Hall–Kier alpha value is -6.02. The van der Waals surface area contributed by atoms with Gasteiger partial charge in [-0.25, -0.2) is 9.59 Å². The number of benzene rings is 3. The summed E-state index contributed by atoms with van der Waals surface area (Å²) in [5.41, 5.74) is 3.36. The second-order valence-electron chi connectivity index (χ2n) is 11.3. The fourth-order valence-electron chi connectivity index (χ4n) is 6.08. The zero-order valence-electron chi connectivity index (χ0n) is 28.4. The first-order chi connectivity index (χ1) is 23.9. The number of nitrogens with zero attached hydrogens (tertiary/aromatic N) is 1. The summed E-state index contributed by atoms with van der Waals surface area (Å²) in [6, 6.07) is 15.0. The third-order valence-electron chi connectivity index (χ3n) is 8.43. The van der Waals surface area contributed by atoms with Crippen molar-refractivity contribution in [3.05, 3.63) is 104 Å². The molecule has 0 fully saturated rings. The quantitative estimate of drug-likeness (QED) is 0.195. The van der Waals surface area contributed by atoms with Crippen LogP contribution in [0.15, 0.2) is 77.1 Å². The van der Waals surface area contributed by atoms with Crippen molar-refractivity contribution in [2.45, 2.75) is 25.6 Å². The smallest absolute Gasteiger partial charge is 0.336 e. The molecule has 3 aromatic carbocycles. The monoisotopic (exact) mass is 688 g/mol. The topological polar surface area (TPSA) is 174 Å². The van der Waals surface area contributed by atoms with E-state index in [-0.39, 0.29) is 29.0 Å². The van der Waals surface area contributed by atoms with Crippen LogP contribution >= 0.6 is 0 Å². The van der Waals surface area contributed by atoms with E-state index in [1.54, 1.807) is 59.4 Å². The molecule has 14 heteroatoms. The van der Waals surface area contributed by atoms with Gasteiger partial charge >= 0.3 is 11.9 Å². The number of rotatable bonds is 7. The molecule has 3 aliphatic rings. The number of carbonyl (C=O) groups excluding carboxylic acids is 2. The number of methoxy groups -OCH3 is 5. The van der Waals surface area contributed by atoms with E-state index in [4.69, 9.17) is 33.2 Å². The maximum atomic E-state index is 12.3. The number of para-hydroxylation sites is 1. The molecule has 0 spiro atoms. The minimum atomic E-state index is -1.58. The van der Waals surface area contributed by atoms with Gasteiger partial charge in [-0.2, -0.15) is 0 Å². The van der Waals surface area contributed by atoms with Gasteiger partial charge in [0.25, 0.3) is 11.5 Å². The van der Waals surface area contributed by atoms with Crippen molar-refractivity contribution in [1.82, 2.24) is 5.32 Å². The minimum Gasteiger partial charge on any atom is -0.497 e.